The van der Waals surface area contributed by atoms with Crippen molar-refractivity contribution in [3.63, 3.8) is 0 Å². The summed E-state index contributed by atoms with van der Waals surface area (Å²) in [4.78, 5) is 26.1. The molecule has 4 rings (SSSR count). The molecule has 2 aliphatic rings. The molecule has 0 spiro atoms. The lowest BCUT2D eigenvalue weighted by atomic mass is 10.0. The molecule has 2 aliphatic heterocycles. The maximum Gasteiger partial charge on any atom is 0.224 e. The molecule has 0 aromatic heterocycles. The maximum atomic E-state index is 13.8. The Morgan fingerprint density at radius 3 is 2.85 bits per heavy atom. The van der Waals surface area contributed by atoms with Crippen LogP contribution in [-0.2, 0) is 20.7 Å². The van der Waals surface area contributed by atoms with Crippen LogP contribution in [0.3, 0.4) is 0 Å². The molecule has 0 aliphatic carbocycles. The molecule has 2 aromatic carbocycles. The zero-order chi connectivity index (χ0) is 23.0. The predicted molar refractivity (Wildman–Crippen MR) is 123 cm³/mol. The van der Waals surface area contributed by atoms with Crippen LogP contribution in [0.4, 0.5) is 10.1 Å². The van der Waals surface area contributed by atoms with Crippen LogP contribution < -0.4 is 15.4 Å². The van der Waals surface area contributed by atoms with Crippen LogP contribution in [0.2, 0.25) is 0 Å². The van der Waals surface area contributed by atoms with Gasteiger partial charge in [-0.15, -0.1) is 0 Å². The quantitative estimate of drug-likeness (QED) is 0.568. The summed E-state index contributed by atoms with van der Waals surface area (Å²) in [6.07, 6.45) is 2.12. The number of benzene rings is 2. The highest BCUT2D eigenvalue weighted by Gasteiger charge is 2.23. The van der Waals surface area contributed by atoms with E-state index < -0.39 is 0 Å². The number of nitrogens with zero attached hydrogens (tertiary/aromatic N) is 1. The first-order valence-corrected chi connectivity index (χ1v) is 11.5. The standard InChI is InChI=1S/C25H30FN3O4/c26-20-4-1-3-19(15-20)23(29-10-13-32-14-11-29)17-27-24(30)5-2-12-33-21-7-8-22-18(16-21)6-9-25(31)28-22/h1,3-4,7-8,15-16,23H,2,5-6,9-14,17H2,(H,27,30)(H,28,31). The number of ether oxygens (including phenoxy) is 2. The lowest BCUT2D eigenvalue weighted by molar-refractivity contribution is -0.121. The third-order valence-corrected chi connectivity index (χ3v) is 6.00. The molecule has 8 heteroatoms. The second-order valence-corrected chi connectivity index (χ2v) is 8.34. The van der Waals surface area contributed by atoms with Crippen LogP contribution in [0.15, 0.2) is 42.5 Å². The molecule has 1 saturated heterocycles. The topological polar surface area (TPSA) is 79.9 Å². The Morgan fingerprint density at radius 1 is 1.18 bits per heavy atom. The zero-order valence-electron chi connectivity index (χ0n) is 18.6. The van der Waals surface area contributed by atoms with E-state index in [1.807, 2.05) is 24.3 Å². The summed E-state index contributed by atoms with van der Waals surface area (Å²) in [6.45, 7) is 3.60. The highest BCUT2D eigenvalue weighted by Crippen LogP contribution is 2.27. The van der Waals surface area contributed by atoms with E-state index in [0.29, 0.717) is 52.0 Å². The summed E-state index contributed by atoms with van der Waals surface area (Å²) in [5.74, 6) is 0.444. The van der Waals surface area contributed by atoms with Crippen molar-refractivity contribution >= 4 is 17.5 Å². The summed E-state index contributed by atoms with van der Waals surface area (Å²) in [5.41, 5.74) is 2.76. The molecular weight excluding hydrogens is 425 g/mol. The van der Waals surface area contributed by atoms with Gasteiger partial charge in [-0.25, -0.2) is 4.39 Å². The third-order valence-electron chi connectivity index (χ3n) is 6.00. The van der Waals surface area contributed by atoms with Gasteiger partial charge in [-0.05, 0) is 54.3 Å². The van der Waals surface area contributed by atoms with Gasteiger partial charge >= 0.3 is 0 Å². The first-order valence-electron chi connectivity index (χ1n) is 11.5. The van der Waals surface area contributed by atoms with Gasteiger partial charge in [-0.2, -0.15) is 0 Å². The summed E-state index contributed by atoms with van der Waals surface area (Å²) < 4.78 is 25.0. The Balaban J connectivity index is 1.23. The molecule has 2 N–H and O–H groups in total. The van der Waals surface area contributed by atoms with Crippen molar-refractivity contribution in [2.45, 2.75) is 31.7 Å². The van der Waals surface area contributed by atoms with Gasteiger partial charge in [-0.3, -0.25) is 14.5 Å². The number of halogens is 1. The van der Waals surface area contributed by atoms with Crippen LogP contribution >= 0.6 is 0 Å². The number of nitrogens with one attached hydrogen (secondary N) is 2. The number of carbonyl (C=O) groups is 2. The van der Waals surface area contributed by atoms with Crippen molar-refractivity contribution < 1.29 is 23.5 Å². The first kappa shape index (κ1) is 23.2. The second-order valence-electron chi connectivity index (χ2n) is 8.34. The Bertz CT molecular complexity index is 978. The van der Waals surface area contributed by atoms with Crippen molar-refractivity contribution in [2.24, 2.45) is 0 Å². The van der Waals surface area contributed by atoms with Crippen molar-refractivity contribution in [2.75, 3.05) is 44.8 Å². The fraction of sp³-hybridized carbons (Fsp3) is 0.440. The van der Waals surface area contributed by atoms with Crippen molar-refractivity contribution in [3.05, 3.63) is 59.4 Å². The maximum absolute atomic E-state index is 13.8. The van der Waals surface area contributed by atoms with Gasteiger partial charge in [-0.1, -0.05) is 12.1 Å². The SMILES string of the molecule is O=C(CCCOc1ccc2c(c1)CCC(=O)N2)NCC(c1cccc(F)c1)N1CCOCC1. The number of hydrogen-bond donors (Lipinski definition) is 2. The minimum absolute atomic E-state index is 0.0374. The van der Waals surface area contributed by atoms with Gasteiger partial charge in [0, 0.05) is 38.2 Å². The molecule has 2 heterocycles. The molecule has 1 fully saturated rings. The van der Waals surface area contributed by atoms with E-state index in [-0.39, 0.29) is 23.7 Å². The molecule has 176 valence electrons. The fourth-order valence-corrected chi connectivity index (χ4v) is 4.23. The molecule has 1 atom stereocenters. The van der Waals surface area contributed by atoms with Gasteiger partial charge in [0.2, 0.25) is 11.8 Å². The summed E-state index contributed by atoms with van der Waals surface area (Å²) >= 11 is 0. The van der Waals surface area contributed by atoms with Gasteiger partial charge < -0.3 is 20.1 Å². The van der Waals surface area contributed by atoms with E-state index in [0.717, 1.165) is 35.7 Å². The summed E-state index contributed by atoms with van der Waals surface area (Å²) in [7, 11) is 0. The number of morpholine rings is 1. The Kier molecular flexibility index (Phi) is 7.91. The normalized spacial score (nSPS) is 17.1. The van der Waals surface area contributed by atoms with Crippen molar-refractivity contribution in [3.8, 4) is 5.75 Å². The number of amides is 2. The monoisotopic (exact) mass is 455 g/mol. The molecule has 2 aromatic rings. The smallest absolute Gasteiger partial charge is 0.224 e. The summed E-state index contributed by atoms with van der Waals surface area (Å²) in [6, 6.07) is 12.1. The number of fused-ring (bicyclic) bond motifs is 1. The Labute approximate surface area is 193 Å². The van der Waals surface area contributed by atoms with E-state index >= 15 is 0 Å². The number of carbonyl (C=O) groups excluding carboxylic acids is 2. The summed E-state index contributed by atoms with van der Waals surface area (Å²) in [5, 5.41) is 5.85. The van der Waals surface area contributed by atoms with Crippen LogP contribution in [0.5, 0.6) is 5.75 Å². The molecular formula is C25H30FN3O4. The average molecular weight is 456 g/mol. The van der Waals surface area contributed by atoms with E-state index in [1.165, 1.54) is 12.1 Å². The van der Waals surface area contributed by atoms with E-state index in [2.05, 4.69) is 15.5 Å². The van der Waals surface area contributed by atoms with E-state index in [9.17, 15) is 14.0 Å². The highest BCUT2D eigenvalue weighted by molar-refractivity contribution is 5.94. The van der Waals surface area contributed by atoms with E-state index in [4.69, 9.17) is 9.47 Å². The third kappa shape index (κ3) is 6.52. The number of aryl methyl sites for hydroxylation is 1. The largest absolute Gasteiger partial charge is 0.494 e. The van der Waals surface area contributed by atoms with Gasteiger partial charge in [0.25, 0.3) is 0 Å². The molecule has 0 saturated carbocycles. The minimum atomic E-state index is -0.279. The second kappa shape index (κ2) is 11.2. The Morgan fingerprint density at radius 2 is 2.03 bits per heavy atom. The van der Waals surface area contributed by atoms with Gasteiger partial charge in [0.15, 0.2) is 0 Å². The molecule has 33 heavy (non-hydrogen) atoms. The number of anilines is 1. The number of rotatable bonds is 9. The lowest BCUT2D eigenvalue weighted by Gasteiger charge is -2.35. The predicted octanol–water partition coefficient (Wildman–Crippen LogP) is 3.06. The molecule has 7 nitrogen and oxygen atoms in total. The Hall–Kier alpha value is -2.97. The lowest BCUT2D eigenvalue weighted by Crippen LogP contribution is -2.43. The van der Waals surface area contributed by atoms with E-state index in [1.54, 1.807) is 6.07 Å². The van der Waals surface area contributed by atoms with Crippen molar-refractivity contribution in [1.82, 2.24) is 10.2 Å². The molecule has 2 amide bonds. The van der Waals surface area contributed by atoms with Gasteiger partial charge in [0.1, 0.15) is 11.6 Å². The first-order chi connectivity index (χ1) is 16.1. The zero-order valence-corrected chi connectivity index (χ0v) is 18.6. The van der Waals surface area contributed by atoms with Crippen molar-refractivity contribution in [1.29, 1.82) is 0 Å². The highest BCUT2D eigenvalue weighted by atomic mass is 19.1. The van der Waals surface area contributed by atoms with Crippen LogP contribution in [0.25, 0.3) is 0 Å². The fourth-order valence-electron chi connectivity index (χ4n) is 4.23. The van der Waals surface area contributed by atoms with Crippen LogP contribution in [0.1, 0.15) is 36.4 Å². The van der Waals surface area contributed by atoms with Gasteiger partial charge in [0.05, 0.1) is 25.9 Å². The minimum Gasteiger partial charge on any atom is -0.494 e. The molecule has 1 unspecified atom stereocenters. The average Bonchev–Trinajstić information content (AvgIpc) is 2.83. The van der Waals surface area contributed by atoms with Crippen LogP contribution in [0, 0.1) is 5.82 Å². The molecule has 0 radical (unpaired) electrons. The number of hydrogen-bond acceptors (Lipinski definition) is 5. The van der Waals surface area contributed by atoms with Crippen LogP contribution in [-0.4, -0.2) is 56.2 Å². The molecule has 0 bridgehead atoms.